The lowest BCUT2D eigenvalue weighted by molar-refractivity contribution is 0.147. The predicted molar refractivity (Wildman–Crippen MR) is 112 cm³/mol. The van der Waals surface area contributed by atoms with Crippen LogP contribution in [-0.4, -0.2) is 46.0 Å². The van der Waals surface area contributed by atoms with Crippen LogP contribution in [0.25, 0.3) is 11.0 Å². The van der Waals surface area contributed by atoms with Gasteiger partial charge in [-0.25, -0.2) is 4.98 Å². The maximum absolute atomic E-state index is 4.84. The van der Waals surface area contributed by atoms with E-state index in [-0.39, 0.29) is 0 Å². The molecule has 0 unspecified atom stereocenters. The molecule has 0 spiro atoms. The summed E-state index contributed by atoms with van der Waals surface area (Å²) in [4.78, 5) is 18.7. The second kappa shape index (κ2) is 7.84. The number of fused-ring (bicyclic) bond motifs is 1. The lowest BCUT2D eigenvalue weighted by Crippen LogP contribution is -2.36. The van der Waals surface area contributed by atoms with Gasteiger partial charge in [0.05, 0.1) is 17.2 Å². The van der Waals surface area contributed by atoms with E-state index in [0.717, 1.165) is 48.3 Å². The van der Waals surface area contributed by atoms with E-state index >= 15 is 0 Å². The summed E-state index contributed by atoms with van der Waals surface area (Å²) in [6.45, 7) is 5.66. The third-order valence-corrected chi connectivity index (χ3v) is 6.41. The van der Waals surface area contributed by atoms with Gasteiger partial charge in [-0.3, -0.25) is 14.9 Å². The van der Waals surface area contributed by atoms with Crippen LogP contribution in [0.2, 0.25) is 0 Å². The Morgan fingerprint density at radius 1 is 0.857 bits per heavy atom. The minimum atomic E-state index is 0.786. The van der Waals surface area contributed by atoms with Gasteiger partial charge in [-0.2, -0.15) is 0 Å². The normalized spacial score (nSPS) is 21.4. The molecular formula is C23H27N5. The fraction of sp³-hybridized carbons (Fsp3) is 0.435. The van der Waals surface area contributed by atoms with Gasteiger partial charge >= 0.3 is 0 Å². The van der Waals surface area contributed by atoms with E-state index in [1.807, 2.05) is 42.9 Å². The van der Waals surface area contributed by atoms with Gasteiger partial charge in [-0.05, 0) is 68.0 Å². The number of benzene rings is 1. The molecule has 5 rings (SSSR count). The van der Waals surface area contributed by atoms with Crippen LogP contribution in [0.15, 0.2) is 55.0 Å². The number of nitrogens with zero attached hydrogens (tertiary/aromatic N) is 5. The zero-order chi connectivity index (χ0) is 18.8. The number of likely N-dealkylation sites (tertiary alicyclic amines) is 1. The molecule has 0 radical (unpaired) electrons. The van der Waals surface area contributed by atoms with E-state index in [4.69, 9.17) is 4.98 Å². The highest BCUT2D eigenvalue weighted by molar-refractivity contribution is 5.75. The van der Waals surface area contributed by atoms with Crippen LogP contribution in [0.3, 0.4) is 0 Å². The summed E-state index contributed by atoms with van der Waals surface area (Å²) in [7, 11) is 0. The van der Waals surface area contributed by atoms with Crippen molar-refractivity contribution in [3.8, 4) is 0 Å². The Bertz CT molecular complexity index is 920. The van der Waals surface area contributed by atoms with E-state index < -0.39 is 0 Å². The van der Waals surface area contributed by atoms with Gasteiger partial charge in [-0.1, -0.05) is 18.2 Å². The highest BCUT2D eigenvalue weighted by Gasteiger charge is 2.32. The number of hydrogen-bond donors (Lipinski definition) is 0. The van der Waals surface area contributed by atoms with Crippen molar-refractivity contribution in [3.05, 3.63) is 60.6 Å². The largest absolute Gasteiger partial charge is 0.355 e. The summed E-state index contributed by atoms with van der Waals surface area (Å²) >= 11 is 0. The van der Waals surface area contributed by atoms with E-state index in [1.165, 1.54) is 37.9 Å². The van der Waals surface area contributed by atoms with Gasteiger partial charge < -0.3 is 4.90 Å². The Labute approximate surface area is 166 Å². The Hall–Kier alpha value is -2.53. The molecule has 0 amide bonds. The highest BCUT2D eigenvalue weighted by atomic mass is 15.2. The molecule has 0 aliphatic carbocycles. The second-order valence-corrected chi connectivity index (χ2v) is 8.19. The fourth-order valence-electron chi connectivity index (χ4n) is 4.81. The maximum atomic E-state index is 4.84. The molecule has 2 aromatic heterocycles. The van der Waals surface area contributed by atoms with Crippen LogP contribution in [-0.2, 0) is 6.54 Å². The average molecular weight is 374 g/mol. The molecule has 0 saturated carbocycles. The molecule has 5 nitrogen and oxygen atoms in total. The first-order valence-corrected chi connectivity index (χ1v) is 10.4. The smallest absolute Gasteiger partial charge is 0.147 e. The minimum Gasteiger partial charge on any atom is -0.355 e. The zero-order valence-corrected chi connectivity index (χ0v) is 16.2. The van der Waals surface area contributed by atoms with Crippen molar-refractivity contribution in [2.75, 3.05) is 31.1 Å². The third-order valence-electron chi connectivity index (χ3n) is 6.41. The number of pyridine rings is 1. The lowest BCUT2D eigenvalue weighted by Gasteiger charge is -2.34. The third kappa shape index (κ3) is 3.72. The molecule has 1 atom stereocenters. The van der Waals surface area contributed by atoms with Crippen LogP contribution in [0.4, 0.5) is 5.82 Å². The number of hydrogen-bond acceptors (Lipinski definition) is 5. The Morgan fingerprint density at radius 2 is 1.68 bits per heavy atom. The molecule has 2 aliphatic rings. The zero-order valence-electron chi connectivity index (χ0n) is 16.2. The summed E-state index contributed by atoms with van der Waals surface area (Å²) in [6.07, 6.45) is 9.68. The average Bonchev–Trinajstić information content (AvgIpc) is 3.25. The summed E-state index contributed by atoms with van der Waals surface area (Å²) in [5.74, 6) is 2.66. The van der Waals surface area contributed by atoms with Crippen LogP contribution in [0, 0.1) is 11.8 Å². The van der Waals surface area contributed by atoms with Crippen molar-refractivity contribution in [3.63, 3.8) is 0 Å². The van der Waals surface area contributed by atoms with Crippen molar-refractivity contribution < 1.29 is 0 Å². The summed E-state index contributed by atoms with van der Waals surface area (Å²) in [5, 5.41) is 0. The van der Waals surface area contributed by atoms with Gasteiger partial charge in [-0.15, -0.1) is 0 Å². The monoisotopic (exact) mass is 373 g/mol. The molecule has 0 N–H and O–H groups in total. The first-order chi connectivity index (χ1) is 13.8. The molecule has 5 heteroatoms. The van der Waals surface area contributed by atoms with Crippen LogP contribution >= 0.6 is 0 Å². The van der Waals surface area contributed by atoms with Gasteiger partial charge in [0.15, 0.2) is 0 Å². The summed E-state index contributed by atoms with van der Waals surface area (Å²) in [6, 6.07) is 12.3. The van der Waals surface area contributed by atoms with Gasteiger partial charge in [0.1, 0.15) is 5.82 Å². The summed E-state index contributed by atoms with van der Waals surface area (Å²) in [5.41, 5.74) is 3.29. The van der Waals surface area contributed by atoms with E-state index in [9.17, 15) is 0 Å². The lowest BCUT2D eigenvalue weighted by atomic mass is 9.83. The van der Waals surface area contributed by atoms with Crippen molar-refractivity contribution in [2.45, 2.75) is 25.8 Å². The van der Waals surface area contributed by atoms with E-state index in [2.05, 4.69) is 31.9 Å². The number of para-hydroxylation sites is 2. The van der Waals surface area contributed by atoms with Crippen molar-refractivity contribution in [1.82, 2.24) is 19.9 Å². The highest BCUT2D eigenvalue weighted by Crippen LogP contribution is 2.34. The predicted octanol–water partition coefficient (Wildman–Crippen LogP) is 3.76. The van der Waals surface area contributed by atoms with E-state index in [1.54, 1.807) is 0 Å². The molecule has 2 aliphatic heterocycles. The van der Waals surface area contributed by atoms with Gasteiger partial charge in [0, 0.05) is 32.0 Å². The van der Waals surface area contributed by atoms with Crippen LogP contribution in [0.1, 0.15) is 24.8 Å². The minimum absolute atomic E-state index is 0.786. The maximum Gasteiger partial charge on any atom is 0.147 e. The quantitative estimate of drug-likeness (QED) is 0.697. The molecular weight excluding hydrogens is 346 g/mol. The van der Waals surface area contributed by atoms with Gasteiger partial charge in [0.2, 0.25) is 0 Å². The SMILES string of the molecule is c1cncc(CN2CCC([C@H]3CCN(c4cnc5ccccc5n4)C3)CC2)c1. The second-order valence-electron chi connectivity index (χ2n) is 8.19. The van der Waals surface area contributed by atoms with E-state index in [0.29, 0.717) is 0 Å². The number of piperidine rings is 1. The molecule has 1 aromatic carbocycles. The topological polar surface area (TPSA) is 45.2 Å². The molecule has 28 heavy (non-hydrogen) atoms. The molecule has 2 fully saturated rings. The molecule has 3 aromatic rings. The standard InChI is InChI=1S/C23H27N5/c1-2-6-22-21(5-1)25-15-23(26-22)28-13-9-20(17-28)19-7-11-27(12-8-19)16-18-4-3-10-24-14-18/h1-6,10,14-15,19-20H,7-9,11-13,16-17H2/t20-/m0/s1. The molecule has 2 saturated heterocycles. The number of rotatable bonds is 4. The Morgan fingerprint density at radius 3 is 2.50 bits per heavy atom. The van der Waals surface area contributed by atoms with Crippen molar-refractivity contribution in [1.29, 1.82) is 0 Å². The van der Waals surface area contributed by atoms with Crippen molar-refractivity contribution in [2.24, 2.45) is 11.8 Å². The Kier molecular flexibility index (Phi) is 4.92. The first-order valence-electron chi connectivity index (χ1n) is 10.4. The van der Waals surface area contributed by atoms with Crippen LogP contribution < -0.4 is 4.90 Å². The first kappa shape index (κ1) is 17.6. The fourth-order valence-corrected chi connectivity index (χ4v) is 4.81. The molecule has 144 valence electrons. The molecule has 0 bridgehead atoms. The van der Waals surface area contributed by atoms with Gasteiger partial charge in [0.25, 0.3) is 0 Å². The van der Waals surface area contributed by atoms with Crippen LogP contribution in [0.5, 0.6) is 0 Å². The van der Waals surface area contributed by atoms with Crippen molar-refractivity contribution >= 4 is 16.9 Å². The number of aromatic nitrogens is 3. The number of anilines is 1. The molecule has 4 heterocycles. The summed E-state index contributed by atoms with van der Waals surface area (Å²) < 4.78 is 0. The Balaban J connectivity index is 1.17.